The standard InChI is InChI=1S/C9H7ClF2N2O/c10-3-7-5(1-2-13)8(15)6(4-14-7)9(11)12/h4,9H,1,3H2,(H,14,15). The van der Waals surface area contributed by atoms with Gasteiger partial charge in [0, 0.05) is 17.5 Å². The number of nitriles is 1. The summed E-state index contributed by atoms with van der Waals surface area (Å²) in [4.78, 5) is 14.0. The Hall–Kier alpha value is -1.41. The fourth-order valence-corrected chi connectivity index (χ4v) is 1.41. The van der Waals surface area contributed by atoms with Crippen molar-refractivity contribution in [2.45, 2.75) is 18.7 Å². The SMILES string of the molecule is N#CCc1c(CCl)[nH]cc(C(F)F)c1=O. The molecule has 0 aromatic carbocycles. The van der Waals surface area contributed by atoms with Crippen LogP contribution in [0.2, 0.25) is 0 Å². The Morgan fingerprint density at radius 3 is 2.73 bits per heavy atom. The third-order valence-corrected chi connectivity index (χ3v) is 2.19. The van der Waals surface area contributed by atoms with Crippen molar-refractivity contribution < 1.29 is 8.78 Å². The summed E-state index contributed by atoms with van der Waals surface area (Å²) in [5.74, 6) is -0.0181. The maximum Gasteiger partial charge on any atom is 0.269 e. The molecule has 0 atom stereocenters. The van der Waals surface area contributed by atoms with Crippen molar-refractivity contribution in [2.24, 2.45) is 0 Å². The van der Waals surface area contributed by atoms with Gasteiger partial charge in [-0.1, -0.05) is 0 Å². The van der Waals surface area contributed by atoms with Crippen LogP contribution < -0.4 is 5.43 Å². The van der Waals surface area contributed by atoms with Crippen LogP contribution in [-0.4, -0.2) is 4.98 Å². The average molecular weight is 233 g/mol. The number of hydrogen-bond acceptors (Lipinski definition) is 2. The van der Waals surface area contributed by atoms with Crippen LogP contribution in [0.15, 0.2) is 11.0 Å². The normalized spacial score (nSPS) is 10.3. The van der Waals surface area contributed by atoms with Crippen LogP contribution in [0.5, 0.6) is 0 Å². The minimum atomic E-state index is -2.85. The number of nitrogens with one attached hydrogen (secondary N) is 1. The molecule has 0 radical (unpaired) electrons. The molecule has 0 spiro atoms. The third-order valence-electron chi connectivity index (χ3n) is 1.93. The first-order chi connectivity index (χ1) is 7.11. The molecule has 15 heavy (non-hydrogen) atoms. The summed E-state index contributed by atoms with van der Waals surface area (Å²) in [7, 11) is 0. The van der Waals surface area contributed by atoms with Crippen molar-refractivity contribution >= 4 is 11.6 Å². The number of aromatic nitrogens is 1. The average Bonchev–Trinajstić information content (AvgIpc) is 2.20. The number of aromatic amines is 1. The van der Waals surface area contributed by atoms with Crippen molar-refractivity contribution in [3.8, 4) is 6.07 Å². The van der Waals surface area contributed by atoms with E-state index in [4.69, 9.17) is 16.9 Å². The predicted molar refractivity (Wildman–Crippen MR) is 50.9 cm³/mol. The van der Waals surface area contributed by atoms with Gasteiger partial charge in [-0.3, -0.25) is 4.79 Å². The van der Waals surface area contributed by atoms with Crippen LogP contribution in [0.25, 0.3) is 0 Å². The molecule has 6 heteroatoms. The first-order valence-electron chi connectivity index (χ1n) is 4.06. The maximum absolute atomic E-state index is 12.3. The first-order valence-corrected chi connectivity index (χ1v) is 4.59. The Morgan fingerprint density at radius 1 is 1.60 bits per heavy atom. The summed E-state index contributed by atoms with van der Waals surface area (Å²) in [6, 6.07) is 1.74. The molecule has 80 valence electrons. The number of pyridine rings is 1. The van der Waals surface area contributed by atoms with E-state index < -0.39 is 17.4 Å². The summed E-state index contributed by atoms with van der Waals surface area (Å²) in [5.41, 5.74) is -1.10. The van der Waals surface area contributed by atoms with Crippen molar-refractivity contribution in [1.82, 2.24) is 4.98 Å². The van der Waals surface area contributed by atoms with E-state index >= 15 is 0 Å². The highest BCUT2D eigenvalue weighted by Crippen LogP contribution is 2.16. The van der Waals surface area contributed by atoms with Crippen LogP contribution in [0, 0.1) is 11.3 Å². The largest absolute Gasteiger partial charge is 0.363 e. The zero-order chi connectivity index (χ0) is 11.4. The number of alkyl halides is 3. The number of hydrogen-bond donors (Lipinski definition) is 1. The second kappa shape index (κ2) is 4.89. The lowest BCUT2D eigenvalue weighted by Gasteiger charge is -2.05. The molecular formula is C9H7ClF2N2O. The van der Waals surface area contributed by atoms with Gasteiger partial charge in [0.2, 0.25) is 0 Å². The summed E-state index contributed by atoms with van der Waals surface area (Å²) in [6.07, 6.45) is -2.14. The van der Waals surface area contributed by atoms with E-state index in [9.17, 15) is 13.6 Å². The second-order valence-electron chi connectivity index (χ2n) is 2.80. The second-order valence-corrected chi connectivity index (χ2v) is 3.07. The lowest BCUT2D eigenvalue weighted by Crippen LogP contribution is -2.18. The topological polar surface area (TPSA) is 56.6 Å². The highest BCUT2D eigenvalue weighted by molar-refractivity contribution is 6.17. The zero-order valence-corrected chi connectivity index (χ0v) is 8.31. The van der Waals surface area contributed by atoms with Crippen LogP contribution >= 0.6 is 11.6 Å². The van der Waals surface area contributed by atoms with Crippen molar-refractivity contribution in [2.75, 3.05) is 0 Å². The fraction of sp³-hybridized carbons (Fsp3) is 0.333. The molecule has 0 bridgehead atoms. The Morgan fingerprint density at radius 2 is 2.27 bits per heavy atom. The lowest BCUT2D eigenvalue weighted by atomic mass is 10.1. The molecular weight excluding hydrogens is 226 g/mol. The minimum Gasteiger partial charge on any atom is -0.363 e. The van der Waals surface area contributed by atoms with E-state index in [2.05, 4.69) is 4.98 Å². The van der Waals surface area contributed by atoms with E-state index in [1.54, 1.807) is 6.07 Å². The zero-order valence-electron chi connectivity index (χ0n) is 7.56. The summed E-state index contributed by atoms with van der Waals surface area (Å²) < 4.78 is 24.7. The molecule has 0 amide bonds. The van der Waals surface area contributed by atoms with E-state index in [-0.39, 0.29) is 17.9 Å². The van der Waals surface area contributed by atoms with Gasteiger partial charge in [0.15, 0.2) is 5.43 Å². The first kappa shape index (κ1) is 11.7. The monoisotopic (exact) mass is 232 g/mol. The molecule has 0 saturated carbocycles. The molecule has 3 nitrogen and oxygen atoms in total. The van der Waals surface area contributed by atoms with Crippen molar-refractivity contribution in [3.05, 3.63) is 33.2 Å². The maximum atomic E-state index is 12.3. The Labute approximate surface area is 89.3 Å². The molecule has 1 heterocycles. The highest BCUT2D eigenvalue weighted by atomic mass is 35.5. The lowest BCUT2D eigenvalue weighted by molar-refractivity contribution is 0.149. The molecule has 0 aliphatic carbocycles. The summed E-state index contributed by atoms with van der Waals surface area (Å²) in [5, 5.41) is 8.46. The van der Waals surface area contributed by atoms with E-state index in [0.29, 0.717) is 5.69 Å². The van der Waals surface area contributed by atoms with Gasteiger partial charge in [0.1, 0.15) is 0 Å². The van der Waals surface area contributed by atoms with Crippen LogP contribution in [0.3, 0.4) is 0 Å². The molecule has 1 aromatic rings. The third kappa shape index (κ3) is 2.34. The smallest absolute Gasteiger partial charge is 0.269 e. The Bertz CT molecular complexity index is 450. The van der Waals surface area contributed by atoms with Crippen LogP contribution in [0.4, 0.5) is 8.78 Å². The Balaban J connectivity index is 3.37. The van der Waals surface area contributed by atoms with Gasteiger partial charge in [-0.15, -0.1) is 11.6 Å². The van der Waals surface area contributed by atoms with E-state index in [1.165, 1.54) is 0 Å². The van der Waals surface area contributed by atoms with Crippen LogP contribution in [-0.2, 0) is 12.3 Å². The number of nitrogens with zero attached hydrogens (tertiary/aromatic N) is 1. The molecule has 0 unspecified atom stereocenters. The highest BCUT2D eigenvalue weighted by Gasteiger charge is 2.17. The molecule has 1 N–H and O–H groups in total. The van der Waals surface area contributed by atoms with Crippen molar-refractivity contribution in [1.29, 1.82) is 5.26 Å². The quantitative estimate of drug-likeness (QED) is 0.812. The Kier molecular flexibility index (Phi) is 3.81. The molecule has 0 aliphatic heterocycles. The number of H-pyrrole nitrogens is 1. The van der Waals surface area contributed by atoms with Gasteiger partial charge in [-0.25, -0.2) is 8.78 Å². The molecule has 0 saturated heterocycles. The van der Waals surface area contributed by atoms with Gasteiger partial charge >= 0.3 is 0 Å². The van der Waals surface area contributed by atoms with Gasteiger partial charge < -0.3 is 4.98 Å². The predicted octanol–water partition coefficient (Wildman–Crippen LogP) is 2.12. The van der Waals surface area contributed by atoms with Gasteiger partial charge in [-0.05, 0) is 0 Å². The molecule has 1 aromatic heterocycles. The van der Waals surface area contributed by atoms with E-state index in [1.807, 2.05) is 0 Å². The molecule has 0 fully saturated rings. The number of halogens is 3. The minimum absolute atomic E-state index is 0.0181. The van der Waals surface area contributed by atoms with Gasteiger partial charge in [0.05, 0.1) is 23.9 Å². The summed E-state index contributed by atoms with van der Waals surface area (Å²) in [6.45, 7) is 0. The molecule has 0 aliphatic rings. The fourth-order valence-electron chi connectivity index (χ4n) is 1.18. The molecule has 1 rings (SSSR count). The van der Waals surface area contributed by atoms with E-state index in [0.717, 1.165) is 6.20 Å². The number of rotatable bonds is 3. The van der Waals surface area contributed by atoms with Crippen LogP contribution in [0.1, 0.15) is 23.2 Å². The van der Waals surface area contributed by atoms with Gasteiger partial charge in [0.25, 0.3) is 6.43 Å². The van der Waals surface area contributed by atoms with Gasteiger partial charge in [-0.2, -0.15) is 5.26 Å². The van der Waals surface area contributed by atoms with Crippen molar-refractivity contribution in [3.63, 3.8) is 0 Å². The summed E-state index contributed by atoms with van der Waals surface area (Å²) >= 11 is 5.50.